The van der Waals surface area contributed by atoms with Crippen LogP contribution in [0.4, 0.5) is 0 Å². The molecule has 0 radical (unpaired) electrons. The summed E-state index contributed by atoms with van der Waals surface area (Å²) >= 11 is 1.59. The Morgan fingerprint density at radius 3 is 2.26 bits per heavy atom. The molecule has 0 amide bonds. The standard InChI is InChI=1S/C36H34N2O7S2/c1-23-31(22-46-30-17-15-28(16-18-30)35(40)41)44-36(45-34(23)27-11-9-25(21-39)10-12-27)29-13-7-24(8-14-29)20-38-47(42,43)32-6-2-4-26-5-3-19-37-33(26)32/h2-19,23,31,34,36,38-39H,20-22H2,1H3,(H,40,41). The van der Waals surface area contributed by atoms with E-state index < -0.39 is 22.3 Å². The van der Waals surface area contributed by atoms with Gasteiger partial charge in [-0.3, -0.25) is 4.98 Å². The Morgan fingerprint density at radius 1 is 0.872 bits per heavy atom. The zero-order valence-electron chi connectivity index (χ0n) is 25.5. The molecule has 242 valence electrons. The topological polar surface area (TPSA) is 135 Å². The number of rotatable bonds is 11. The second-order valence-corrected chi connectivity index (χ2v) is 14.2. The van der Waals surface area contributed by atoms with E-state index in [1.165, 1.54) is 0 Å². The number of nitrogens with one attached hydrogen (secondary N) is 1. The third-order valence-electron chi connectivity index (χ3n) is 8.24. The van der Waals surface area contributed by atoms with Crippen LogP contribution < -0.4 is 4.72 Å². The minimum Gasteiger partial charge on any atom is -0.478 e. The highest BCUT2D eigenvalue weighted by atomic mass is 32.2. The van der Waals surface area contributed by atoms with Crippen LogP contribution in [0.5, 0.6) is 0 Å². The van der Waals surface area contributed by atoms with Crippen LogP contribution in [0.25, 0.3) is 10.9 Å². The number of ether oxygens (including phenoxy) is 2. The third kappa shape index (κ3) is 7.57. The van der Waals surface area contributed by atoms with E-state index in [1.54, 1.807) is 60.4 Å². The molecular formula is C36H34N2O7S2. The minimum atomic E-state index is -3.82. The van der Waals surface area contributed by atoms with E-state index in [0.29, 0.717) is 11.3 Å². The highest BCUT2D eigenvalue weighted by Gasteiger charge is 2.38. The van der Waals surface area contributed by atoms with E-state index in [9.17, 15) is 23.4 Å². The Kier molecular flexibility index (Phi) is 10.0. The SMILES string of the molecule is CC1C(CSc2ccc(C(=O)O)cc2)OC(c2ccc(CNS(=O)(=O)c3cccc4cccnc34)cc2)OC1c1ccc(CO)cc1. The maximum Gasteiger partial charge on any atom is 0.335 e. The van der Waals surface area contributed by atoms with Gasteiger partial charge in [0.1, 0.15) is 4.90 Å². The molecule has 11 heteroatoms. The zero-order valence-corrected chi connectivity index (χ0v) is 27.2. The molecule has 5 aromatic rings. The molecule has 2 heterocycles. The van der Waals surface area contributed by atoms with Crippen LogP contribution in [0, 0.1) is 5.92 Å². The quantitative estimate of drug-likeness (QED) is 0.135. The molecule has 6 rings (SSSR count). The molecule has 4 atom stereocenters. The maximum absolute atomic E-state index is 13.2. The maximum atomic E-state index is 13.2. The number of carboxylic acids is 1. The number of hydrogen-bond donors (Lipinski definition) is 3. The lowest BCUT2D eigenvalue weighted by molar-refractivity contribution is -0.268. The van der Waals surface area contributed by atoms with Gasteiger partial charge >= 0.3 is 5.97 Å². The summed E-state index contributed by atoms with van der Waals surface area (Å²) in [5, 5.41) is 19.5. The monoisotopic (exact) mass is 670 g/mol. The number of fused-ring (bicyclic) bond motifs is 1. The fourth-order valence-corrected chi connectivity index (χ4v) is 7.79. The van der Waals surface area contributed by atoms with E-state index in [1.807, 2.05) is 60.7 Å². The van der Waals surface area contributed by atoms with Gasteiger partial charge in [0.15, 0.2) is 6.29 Å². The Labute approximate surface area is 277 Å². The minimum absolute atomic E-state index is 0.0192. The van der Waals surface area contributed by atoms with Crippen LogP contribution in [0.3, 0.4) is 0 Å². The molecule has 1 saturated heterocycles. The first-order valence-corrected chi connectivity index (χ1v) is 17.6. The van der Waals surface area contributed by atoms with E-state index >= 15 is 0 Å². The molecule has 9 nitrogen and oxygen atoms in total. The van der Waals surface area contributed by atoms with E-state index in [2.05, 4.69) is 16.6 Å². The van der Waals surface area contributed by atoms with Crippen molar-refractivity contribution in [2.75, 3.05) is 5.75 Å². The Bertz CT molecular complexity index is 1950. The second kappa shape index (κ2) is 14.3. The molecule has 1 aromatic heterocycles. The molecule has 3 N–H and O–H groups in total. The number of nitrogens with zero attached hydrogens (tertiary/aromatic N) is 1. The van der Waals surface area contributed by atoms with Crippen molar-refractivity contribution in [1.29, 1.82) is 0 Å². The van der Waals surface area contributed by atoms with Gasteiger partial charge in [0.2, 0.25) is 10.0 Å². The largest absolute Gasteiger partial charge is 0.478 e. The van der Waals surface area contributed by atoms with Crippen molar-refractivity contribution in [3.05, 3.63) is 137 Å². The van der Waals surface area contributed by atoms with Gasteiger partial charge in [-0.15, -0.1) is 11.8 Å². The summed E-state index contributed by atoms with van der Waals surface area (Å²) in [5.41, 5.74) is 3.99. The summed E-state index contributed by atoms with van der Waals surface area (Å²) in [7, 11) is -3.82. The number of aliphatic hydroxyl groups excluding tert-OH is 1. The van der Waals surface area contributed by atoms with E-state index in [-0.39, 0.29) is 41.7 Å². The van der Waals surface area contributed by atoms with Crippen molar-refractivity contribution in [2.24, 2.45) is 5.92 Å². The fraction of sp³-hybridized carbons (Fsp3) is 0.222. The summed E-state index contributed by atoms with van der Waals surface area (Å²) in [6, 6.07) is 30.6. The normalized spacial score (nSPS) is 19.9. The van der Waals surface area contributed by atoms with E-state index in [4.69, 9.17) is 9.47 Å². The van der Waals surface area contributed by atoms with Gasteiger partial charge in [0.05, 0.1) is 29.9 Å². The van der Waals surface area contributed by atoms with Crippen molar-refractivity contribution >= 4 is 38.7 Å². The van der Waals surface area contributed by atoms with Gasteiger partial charge in [-0.05, 0) is 53.1 Å². The highest BCUT2D eigenvalue weighted by Crippen LogP contribution is 2.43. The van der Waals surface area contributed by atoms with Gasteiger partial charge < -0.3 is 19.7 Å². The van der Waals surface area contributed by atoms with Crippen molar-refractivity contribution in [3.63, 3.8) is 0 Å². The number of benzene rings is 4. The summed E-state index contributed by atoms with van der Waals surface area (Å²) < 4.78 is 42.1. The Balaban J connectivity index is 1.18. The average molecular weight is 671 g/mol. The summed E-state index contributed by atoms with van der Waals surface area (Å²) in [4.78, 5) is 16.6. The molecule has 4 unspecified atom stereocenters. The van der Waals surface area contributed by atoms with Crippen LogP contribution in [-0.4, -0.2) is 41.4 Å². The molecule has 1 fully saturated rings. The first-order chi connectivity index (χ1) is 22.7. The predicted octanol–water partition coefficient (Wildman–Crippen LogP) is 6.49. The van der Waals surface area contributed by atoms with Crippen molar-refractivity contribution < 1.29 is 32.9 Å². The average Bonchev–Trinajstić information content (AvgIpc) is 3.10. The number of aliphatic hydroxyl groups is 1. The predicted molar refractivity (Wildman–Crippen MR) is 179 cm³/mol. The summed E-state index contributed by atoms with van der Waals surface area (Å²) in [6.07, 6.45) is 0.400. The van der Waals surface area contributed by atoms with Crippen LogP contribution in [0.2, 0.25) is 0 Å². The van der Waals surface area contributed by atoms with Crippen LogP contribution >= 0.6 is 11.8 Å². The molecule has 47 heavy (non-hydrogen) atoms. The number of aromatic carboxylic acids is 1. The first-order valence-electron chi connectivity index (χ1n) is 15.1. The molecule has 0 saturated carbocycles. The molecule has 0 bridgehead atoms. The summed E-state index contributed by atoms with van der Waals surface area (Å²) in [5.74, 6) is -0.373. The Morgan fingerprint density at radius 2 is 1.55 bits per heavy atom. The lowest BCUT2D eigenvalue weighted by atomic mass is 9.91. The van der Waals surface area contributed by atoms with Gasteiger partial charge in [0.25, 0.3) is 0 Å². The third-order valence-corrected chi connectivity index (χ3v) is 10.8. The number of carboxylic acid groups (broad SMARTS) is 1. The van der Waals surface area contributed by atoms with Gasteiger partial charge in [-0.1, -0.05) is 73.7 Å². The number of aromatic nitrogens is 1. The zero-order chi connectivity index (χ0) is 33.0. The lowest BCUT2D eigenvalue weighted by Gasteiger charge is -2.41. The molecule has 4 aromatic carbocycles. The Hall–Kier alpha value is -4.10. The molecule has 0 aliphatic carbocycles. The van der Waals surface area contributed by atoms with Crippen LogP contribution in [0.1, 0.15) is 51.9 Å². The lowest BCUT2D eigenvalue weighted by Crippen LogP contribution is -2.38. The van der Waals surface area contributed by atoms with Gasteiger partial charge in [-0.2, -0.15) is 0 Å². The number of para-hydroxylation sites is 1. The molecule has 1 aliphatic rings. The number of sulfonamides is 1. The number of pyridine rings is 1. The van der Waals surface area contributed by atoms with Crippen LogP contribution in [-0.2, 0) is 32.6 Å². The first kappa shape index (κ1) is 32.8. The molecular weight excluding hydrogens is 637 g/mol. The molecule has 0 spiro atoms. The second-order valence-electron chi connectivity index (χ2n) is 11.4. The number of carbonyl (C=O) groups is 1. The smallest absolute Gasteiger partial charge is 0.335 e. The molecule has 1 aliphatic heterocycles. The number of hydrogen-bond acceptors (Lipinski definition) is 8. The number of thioether (sulfide) groups is 1. The fourth-order valence-electron chi connectivity index (χ4n) is 5.52. The van der Waals surface area contributed by atoms with Crippen molar-refractivity contribution in [1.82, 2.24) is 9.71 Å². The van der Waals surface area contributed by atoms with Gasteiger partial charge in [0, 0.05) is 40.3 Å². The van der Waals surface area contributed by atoms with E-state index in [0.717, 1.165) is 32.5 Å². The van der Waals surface area contributed by atoms with Crippen molar-refractivity contribution in [3.8, 4) is 0 Å². The van der Waals surface area contributed by atoms with Crippen molar-refractivity contribution in [2.45, 2.75) is 48.4 Å². The highest BCUT2D eigenvalue weighted by molar-refractivity contribution is 7.99. The van der Waals surface area contributed by atoms with Crippen LogP contribution in [0.15, 0.2) is 119 Å². The van der Waals surface area contributed by atoms with Gasteiger partial charge in [-0.25, -0.2) is 17.9 Å². The summed E-state index contributed by atoms with van der Waals surface area (Å²) in [6.45, 7) is 2.13.